The number of amides is 1. The minimum Gasteiger partial charge on any atom is -0.496 e. The molecule has 24 heavy (non-hydrogen) atoms. The predicted molar refractivity (Wildman–Crippen MR) is 89.8 cm³/mol. The second kappa shape index (κ2) is 7.96. The molecule has 1 aliphatic rings. The third-order valence-corrected chi connectivity index (χ3v) is 5.09. The topological polar surface area (TPSA) is 93.7 Å². The first-order valence-corrected chi connectivity index (χ1v) is 9.42. The van der Waals surface area contributed by atoms with Crippen LogP contribution < -0.4 is 14.8 Å². The molecule has 1 heterocycles. The first kappa shape index (κ1) is 18.7. The van der Waals surface area contributed by atoms with Crippen LogP contribution in [0.1, 0.15) is 37.0 Å². The largest absolute Gasteiger partial charge is 0.496 e. The fourth-order valence-corrected chi connectivity index (χ4v) is 3.56. The molecule has 1 aromatic carbocycles. The molecule has 1 aliphatic heterocycles. The molecule has 0 bridgehead atoms. The van der Waals surface area contributed by atoms with Crippen LogP contribution in [0.15, 0.2) is 23.1 Å². The standard InChI is InChI=1S/C16H24N2O5S/c1-11(2)18-16(19)14-9-13(6-7-15(14)22-3)24(20,21)17-10-12-5-4-8-23-12/h6-7,9,11-12,17H,4-5,8,10H2,1-3H3,(H,18,19)/t12-/m1/s1. The zero-order valence-corrected chi connectivity index (χ0v) is 15.0. The minimum absolute atomic E-state index is 0.0233. The van der Waals surface area contributed by atoms with Crippen LogP contribution in [0, 0.1) is 0 Å². The molecule has 1 saturated heterocycles. The molecule has 1 aromatic rings. The van der Waals surface area contributed by atoms with Crippen molar-refractivity contribution < 1.29 is 22.7 Å². The Morgan fingerprint density at radius 2 is 2.17 bits per heavy atom. The maximum Gasteiger partial charge on any atom is 0.255 e. The molecule has 2 rings (SSSR count). The van der Waals surface area contributed by atoms with Crippen molar-refractivity contribution in [1.29, 1.82) is 0 Å². The van der Waals surface area contributed by atoms with Crippen LogP contribution in [-0.2, 0) is 14.8 Å². The molecule has 1 fully saturated rings. The Labute approximate surface area is 142 Å². The summed E-state index contributed by atoms with van der Waals surface area (Å²) in [6.07, 6.45) is 1.68. The second-order valence-electron chi connectivity index (χ2n) is 5.98. The number of hydrogen-bond donors (Lipinski definition) is 2. The van der Waals surface area contributed by atoms with E-state index in [1.165, 1.54) is 25.3 Å². The van der Waals surface area contributed by atoms with Crippen molar-refractivity contribution in [3.63, 3.8) is 0 Å². The molecule has 0 aliphatic carbocycles. The summed E-state index contributed by atoms with van der Waals surface area (Å²) in [5, 5.41) is 2.74. The third-order valence-electron chi connectivity index (χ3n) is 3.67. The molecule has 0 saturated carbocycles. The Morgan fingerprint density at radius 3 is 2.75 bits per heavy atom. The van der Waals surface area contributed by atoms with Crippen molar-refractivity contribution in [2.75, 3.05) is 20.3 Å². The summed E-state index contributed by atoms with van der Waals surface area (Å²) < 4.78 is 38.0. The maximum atomic E-state index is 12.4. The molecule has 8 heteroatoms. The number of benzene rings is 1. The van der Waals surface area contributed by atoms with Gasteiger partial charge in [-0.05, 0) is 44.9 Å². The van der Waals surface area contributed by atoms with Crippen molar-refractivity contribution in [2.24, 2.45) is 0 Å². The van der Waals surface area contributed by atoms with Crippen LogP contribution in [0.4, 0.5) is 0 Å². The van der Waals surface area contributed by atoms with Gasteiger partial charge >= 0.3 is 0 Å². The highest BCUT2D eigenvalue weighted by Gasteiger charge is 2.22. The van der Waals surface area contributed by atoms with Crippen LogP contribution in [0.5, 0.6) is 5.75 Å². The van der Waals surface area contributed by atoms with E-state index >= 15 is 0 Å². The third kappa shape index (κ3) is 4.68. The molecule has 2 N–H and O–H groups in total. The lowest BCUT2D eigenvalue weighted by Gasteiger charge is -2.14. The van der Waals surface area contributed by atoms with Crippen LogP contribution >= 0.6 is 0 Å². The van der Waals surface area contributed by atoms with Gasteiger partial charge in [-0.3, -0.25) is 4.79 Å². The summed E-state index contributed by atoms with van der Waals surface area (Å²) in [4.78, 5) is 12.3. The quantitative estimate of drug-likeness (QED) is 0.768. The average molecular weight is 356 g/mol. The minimum atomic E-state index is -3.72. The first-order valence-electron chi connectivity index (χ1n) is 7.93. The number of carbonyl (C=O) groups is 1. The SMILES string of the molecule is COc1ccc(S(=O)(=O)NC[C@H]2CCCO2)cc1C(=O)NC(C)C. The highest BCUT2D eigenvalue weighted by molar-refractivity contribution is 7.89. The molecule has 0 radical (unpaired) electrons. The Kier molecular flexibility index (Phi) is 6.20. The van der Waals surface area contributed by atoms with Gasteiger partial charge in [-0.15, -0.1) is 0 Å². The zero-order valence-electron chi connectivity index (χ0n) is 14.2. The van der Waals surface area contributed by atoms with E-state index in [0.717, 1.165) is 12.8 Å². The molecule has 0 aromatic heterocycles. The van der Waals surface area contributed by atoms with Gasteiger partial charge in [0, 0.05) is 19.2 Å². The zero-order chi connectivity index (χ0) is 17.7. The number of nitrogens with one attached hydrogen (secondary N) is 2. The molecule has 1 atom stereocenters. The fourth-order valence-electron chi connectivity index (χ4n) is 2.46. The number of ether oxygens (including phenoxy) is 2. The fraction of sp³-hybridized carbons (Fsp3) is 0.562. The molecule has 0 unspecified atom stereocenters. The number of sulfonamides is 1. The second-order valence-corrected chi connectivity index (χ2v) is 7.74. The molecular formula is C16H24N2O5S. The van der Waals surface area contributed by atoms with Crippen LogP contribution in [0.25, 0.3) is 0 Å². The van der Waals surface area contributed by atoms with Crippen LogP contribution in [-0.4, -0.2) is 46.7 Å². The molecule has 0 spiro atoms. The van der Waals surface area contributed by atoms with Crippen LogP contribution in [0.3, 0.4) is 0 Å². The van der Waals surface area contributed by atoms with Gasteiger partial charge in [0.15, 0.2) is 0 Å². The Morgan fingerprint density at radius 1 is 1.42 bits per heavy atom. The van der Waals surface area contributed by atoms with Crippen molar-refractivity contribution in [1.82, 2.24) is 10.0 Å². The van der Waals surface area contributed by atoms with E-state index < -0.39 is 10.0 Å². The van der Waals surface area contributed by atoms with Gasteiger partial charge in [0.05, 0.1) is 23.7 Å². The summed E-state index contributed by atoms with van der Waals surface area (Å²) >= 11 is 0. The molecule has 7 nitrogen and oxygen atoms in total. The monoisotopic (exact) mass is 356 g/mol. The highest BCUT2D eigenvalue weighted by Crippen LogP contribution is 2.23. The molecule has 134 valence electrons. The first-order chi connectivity index (χ1) is 11.3. The molecule has 1 amide bonds. The van der Waals surface area contributed by atoms with Gasteiger partial charge in [0.2, 0.25) is 10.0 Å². The van der Waals surface area contributed by atoms with E-state index in [2.05, 4.69) is 10.0 Å². The summed E-state index contributed by atoms with van der Waals surface area (Å²) in [6, 6.07) is 4.16. The average Bonchev–Trinajstić information content (AvgIpc) is 3.05. The van der Waals surface area contributed by atoms with E-state index in [1.54, 1.807) is 0 Å². The number of methoxy groups -OCH3 is 1. The highest BCUT2D eigenvalue weighted by atomic mass is 32.2. The predicted octanol–water partition coefficient (Wildman–Crippen LogP) is 1.29. The summed E-state index contributed by atoms with van der Waals surface area (Å²) in [6.45, 7) is 4.54. The van der Waals surface area contributed by atoms with Gasteiger partial charge in [0.1, 0.15) is 5.75 Å². The number of rotatable bonds is 7. The van der Waals surface area contributed by atoms with E-state index in [1.807, 2.05) is 13.8 Å². The lowest BCUT2D eigenvalue weighted by Crippen LogP contribution is -2.33. The van der Waals surface area contributed by atoms with Crippen molar-refractivity contribution in [3.05, 3.63) is 23.8 Å². The van der Waals surface area contributed by atoms with Gasteiger partial charge < -0.3 is 14.8 Å². The smallest absolute Gasteiger partial charge is 0.255 e. The van der Waals surface area contributed by atoms with E-state index in [0.29, 0.717) is 12.4 Å². The van der Waals surface area contributed by atoms with Crippen molar-refractivity contribution in [2.45, 2.75) is 43.7 Å². The molecular weight excluding hydrogens is 332 g/mol. The maximum absolute atomic E-state index is 12.4. The Balaban J connectivity index is 2.20. The van der Waals surface area contributed by atoms with Gasteiger partial charge in [0.25, 0.3) is 5.91 Å². The van der Waals surface area contributed by atoms with Gasteiger partial charge in [-0.2, -0.15) is 0 Å². The summed E-state index contributed by atoms with van der Waals surface area (Å²) in [5.41, 5.74) is 0.186. The summed E-state index contributed by atoms with van der Waals surface area (Å²) in [7, 11) is -2.29. The van der Waals surface area contributed by atoms with Crippen LogP contribution in [0.2, 0.25) is 0 Å². The van der Waals surface area contributed by atoms with E-state index in [4.69, 9.17) is 9.47 Å². The normalized spacial score (nSPS) is 17.9. The van der Waals surface area contributed by atoms with Gasteiger partial charge in [-0.1, -0.05) is 0 Å². The lowest BCUT2D eigenvalue weighted by atomic mass is 10.2. The van der Waals surface area contributed by atoms with Crippen molar-refractivity contribution in [3.8, 4) is 5.75 Å². The number of carbonyl (C=O) groups excluding carboxylic acids is 1. The summed E-state index contributed by atoms with van der Waals surface area (Å²) in [5.74, 6) is -0.0516. The lowest BCUT2D eigenvalue weighted by molar-refractivity contribution is 0.0939. The Hall–Kier alpha value is -1.64. The van der Waals surface area contributed by atoms with E-state index in [9.17, 15) is 13.2 Å². The Bertz CT molecular complexity index is 682. The van der Waals surface area contributed by atoms with Crippen molar-refractivity contribution >= 4 is 15.9 Å². The van der Waals surface area contributed by atoms with Gasteiger partial charge in [-0.25, -0.2) is 13.1 Å². The van der Waals surface area contributed by atoms with E-state index in [-0.39, 0.29) is 35.1 Å². The number of hydrogen-bond acceptors (Lipinski definition) is 5.